The van der Waals surface area contributed by atoms with Gasteiger partial charge < -0.3 is 4.52 Å². The number of rotatable bonds is 3. The normalized spacial score (nSPS) is 17.9. The molecule has 27 heavy (non-hydrogen) atoms. The van der Waals surface area contributed by atoms with Crippen LogP contribution in [0.3, 0.4) is 0 Å². The molecule has 1 saturated heterocycles. The van der Waals surface area contributed by atoms with Crippen molar-refractivity contribution in [2.24, 2.45) is 0 Å². The predicted molar refractivity (Wildman–Crippen MR) is 92.2 cm³/mol. The average Bonchev–Trinajstić information content (AvgIpc) is 3.22. The zero-order chi connectivity index (χ0) is 19.0. The fraction of sp³-hybridized carbons (Fsp3) is 0.444. The molecule has 2 amide bonds. The number of halogens is 3. The second-order valence-electron chi connectivity index (χ2n) is 6.82. The van der Waals surface area contributed by atoms with Crippen LogP contribution in [0.15, 0.2) is 34.9 Å². The molecule has 0 unspecified atom stereocenters. The average molecular weight is 380 g/mol. The SMILES string of the molecule is O=C(Nc1cc(C2CCC2)no1)N1CCCN1c1ccc(C(F)(F)F)cc1. The molecule has 1 saturated carbocycles. The van der Waals surface area contributed by atoms with Gasteiger partial charge in [0.2, 0.25) is 5.88 Å². The van der Waals surface area contributed by atoms with E-state index < -0.39 is 17.8 Å². The van der Waals surface area contributed by atoms with Crippen LogP contribution >= 0.6 is 0 Å². The van der Waals surface area contributed by atoms with E-state index in [2.05, 4.69) is 10.5 Å². The highest BCUT2D eigenvalue weighted by atomic mass is 19.4. The first kappa shape index (κ1) is 17.7. The van der Waals surface area contributed by atoms with E-state index in [-0.39, 0.29) is 5.88 Å². The van der Waals surface area contributed by atoms with Crippen LogP contribution in [0.2, 0.25) is 0 Å². The summed E-state index contributed by atoms with van der Waals surface area (Å²) in [4.78, 5) is 12.6. The number of nitrogens with zero attached hydrogens (tertiary/aromatic N) is 3. The standard InChI is InChI=1S/C18H19F3N4O2/c19-18(20,21)13-5-7-14(8-6-13)24-9-2-10-25(24)17(26)22-16-11-15(23-27-16)12-3-1-4-12/h5-8,11-12H,1-4,9-10H2,(H,22,26). The number of carbonyl (C=O) groups is 1. The van der Waals surface area contributed by atoms with Gasteiger partial charge in [0.25, 0.3) is 0 Å². The summed E-state index contributed by atoms with van der Waals surface area (Å²) in [6.45, 7) is 1.01. The largest absolute Gasteiger partial charge is 0.416 e. The molecule has 2 aliphatic rings. The highest BCUT2D eigenvalue weighted by Crippen LogP contribution is 2.36. The first-order chi connectivity index (χ1) is 12.9. The topological polar surface area (TPSA) is 61.6 Å². The Balaban J connectivity index is 1.44. The quantitative estimate of drug-likeness (QED) is 0.844. The van der Waals surface area contributed by atoms with Crippen LogP contribution in [0.5, 0.6) is 0 Å². The lowest BCUT2D eigenvalue weighted by molar-refractivity contribution is -0.137. The van der Waals surface area contributed by atoms with Crippen molar-refractivity contribution in [2.75, 3.05) is 23.4 Å². The minimum Gasteiger partial charge on any atom is -0.338 e. The van der Waals surface area contributed by atoms with Gasteiger partial charge in [-0.1, -0.05) is 11.6 Å². The number of hydrogen-bond donors (Lipinski definition) is 1. The van der Waals surface area contributed by atoms with E-state index in [0.29, 0.717) is 24.7 Å². The number of carbonyl (C=O) groups excluding carboxylic acids is 1. The second kappa shape index (κ2) is 6.79. The summed E-state index contributed by atoms with van der Waals surface area (Å²) in [7, 11) is 0. The number of hydrogen-bond acceptors (Lipinski definition) is 4. The summed E-state index contributed by atoms with van der Waals surface area (Å²) in [5.74, 6) is 0.677. The van der Waals surface area contributed by atoms with Crippen molar-refractivity contribution in [1.82, 2.24) is 10.2 Å². The number of nitrogens with one attached hydrogen (secondary N) is 1. The van der Waals surface area contributed by atoms with Gasteiger partial charge in [0.15, 0.2) is 0 Å². The molecule has 1 N–H and O–H groups in total. The molecule has 1 aliphatic heterocycles. The highest BCUT2D eigenvalue weighted by molar-refractivity contribution is 5.89. The first-order valence-corrected chi connectivity index (χ1v) is 8.91. The monoisotopic (exact) mass is 380 g/mol. The second-order valence-corrected chi connectivity index (χ2v) is 6.82. The van der Waals surface area contributed by atoms with Crippen LogP contribution in [-0.4, -0.2) is 29.3 Å². The molecule has 1 aromatic carbocycles. The van der Waals surface area contributed by atoms with Gasteiger partial charge in [-0.05, 0) is 43.5 Å². The minimum atomic E-state index is -4.38. The van der Waals surface area contributed by atoms with Gasteiger partial charge >= 0.3 is 12.2 Å². The lowest BCUT2D eigenvalue weighted by Gasteiger charge is -2.29. The molecule has 2 aromatic rings. The molecular weight excluding hydrogens is 361 g/mol. The summed E-state index contributed by atoms with van der Waals surface area (Å²) in [6.07, 6.45) is -0.334. The Labute approximate surface area is 153 Å². The van der Waals surface area contributed by atoms with E-state index in [9.17, 15) is 18.0 Å². The number of amides is 2. The third-order valence-corrected chi connectivity index (χ3v) is 5.04. The number of urea groups is 1. The van der Waals surface area contributed by atoms with Gasteiger partial charge in [0.05, 0.1) is 16.9 Å². The Morgan fingerprint density at radius 1 is 1.15 bits per heavy atom. The van der Waals surface area contributed by atoms with Crippen molar-refractivity contribution in [1.29, 1.82) is 0 Å². The number of alkyl halides is 3. The number of hydrazine groups is 1. The van der Waals surface area contributed by atoms with Gasteiger partial charge in [-0.25, -0.2) is 9.80 Å². The number of benzene rings is 1. The Hall–Kier alpha value is -2.71. The molecule has 2 fully saturated rings. The summed E-state index contributed by atoms with van der Waals surface area (Å²) in [6, 6.07) is 6.12. The third-order valence-electron chi connectivity index (χ3n) is 5.04. The fourth-order valence-electron chi connectivity index (χ4n) is 3.33. The predicted octanol–water partition coefficient (Wildman–Crippen LogP) is 4.62. The number of aromatic nitrogens is 1. The molecule has 1 aromatic heterocycles. The van der Waals surface area contributed by atoms with Gasteiger partial charge in [-0.2, -0.15) is 13.2 Å². The van der Waals surface area contributed by atoms with Gasteiger partial charge in [-0.3, -0.25) is 10.3 Å². The van der Waals surface area contributed by atoms with Crippen molar-refractivity contribution >= 4 is 17.6 Å². The molecular formula is C18H19F3N4O2. The highest BCUT2D eigenvalue weighted by Gasteiger charge is 2.32. The van der Waals surface area contributed by atoms with Crippen LogP contribution < -0.4 is 10.3 Å². The molecule has 4 rings (SSSR count). The molecule has 6 nitrogen and oxygen atoms in total. The molecule has 0 atom stereocenters. The lowest BCUT2D eigenvalue weighted by atomic mass is 9.83. The number of anilines is 2. The maximum absolute atomic E-state index is 12.7. The van der Waals surface area contributed by atoms with E-state index in [0.717, 1.165) is 37.1 Å². The Kier molecular flexibility index (Phi) is 4.45. The van der Waals surface area contributed by atoms with Gasteiger partial charge in [0.1, 0.15) is 0 Å². The minimum absolute atomic E-state index is 0.279. The van der Waals surface area contributed by atoms with Crippen molar-refractivity contribution in [2.45, 2.75) is 37.8 Å². The van der Waals surface area contributed by atoms with E-state index >= 15 is 0 Å². The molecule has 0 bridgehead atoms. The summed E-state index contributed by atoms with van der Waals surface area (Å²) >= 11 is 0. The maximum atomic E-state index is 12.7. The van der Waals surface area contributed by atoms with Crippen LogP contribution in [0.4, 0.5) is 29.5 Å². The summed E-state index contributed by atoms with van der Waals surface area (Å²) in [5, 5.41) is 9.81. The summed E-state index contributed by atoms with van der Waals surface area (Å²) in [5.41, 5.74) is 0.660. The third kappa shape index (κ3) is 3.58. The van der Waals surface area contributed by atoms with Crippen LogP contribution in [0.1, 0.15) is 42.9 Å². The summed E-state index contributed by atoms with van der Waals surface area (Å²) < 4.78 is 43.4. The molecule has 2 heterocycles. The molecule has 0 radical (unpaired) electrons. The first-order valence-electron chi connectivity index (χ1n) is 8.91. The van der Waals surface area contributed by atoms with Crippen molar-refractivity contribution in [3.8, 4) is 0 Å². The Morgan fingerprint density at radius 3 is 2.52 bits per heavy atom. The fourth-order valence-corrected chi connectivity index (χ4v) is 3.33. The van der Waals surface area contributed by atoms with Gasteiger partial charge in [-0.15, -0.1) is 0 Å². The van der Waals surface area contributed by atoms with E-state index in [1.165, 1.54) is 23.6 Å². The van der Waals surface area contributed by atoms with Crippen LogP contribution in [0, 0.1) is 0 Å². The smallest absolute Gasteiger partial charge is 0.338 e. The van der Waals surface area contributed by atoms with Gasteiger partial charge in [0, 0.05) is 25.1 Å². The zero-order valence-corrected chi connectivity index (χ0v) is 14.5. The van der Waals surface area contributed by atoms with E-state index in [1.54, 1.807) is 11.1 Å². The van der Waals surface area contributed by atoms with Crippen molar-refractivity contribution in [3.05, 3.63) is 41.6 Å². The maximum Gasteiger partial charge on any atom is 0.416 e. The van der Waals surface area contributed by atoms with Crippen molar-refractivity contribution < 1.29 is 22.5 Å². The Bertz CT molecular complexity index is 815. The van der Waals surface area contributed by atoms with Crippen LogP contribution in [0.25, 0.3) is 0 Å². The zero-order valence-electron chi connectivity index (χ0n) is 14.5. The molecule has 0 spiro atoms. The van der Waals surface area contributed by atoms with E-state index in [1.807, 2.05) is 0 Å². The van der Waals surface area contributed by atoms with Crippen molar-refractivity contribution in [3.63, 3.8) is 0 Å². The molecule has 9 heteroatoms. The van der Waals surface area contributed by atoms with Crippen LogP contribution in [-0.2, 0) is 6.18 Å². The molecule has 1 aliphatic carbocycles. The molecule has 144 valence electrons. The van der Waals surface area contributed by atoms with E-state index in [4.69, 9.17) is 4.52 Å². The lowest BCUT2D eigenvalue weighted by Crippen LogP contribution is -2.43. The Morgan fingerprint density at radius 2 is 1.89 bits per heavy atom.